The molecule has 0 radical (unpaired) electrons. The molecular weight excluding hydrogens is 679 g/mol. The van der Waals surface area contributed by atoms with Gasteiger partial charge in [-0.1, -0.05) is 115 Å². The van der Waals surface area contributed by atoms with E-state index in [1.165, 1.54) is 104 Å². The SMILES string of the molecule is CCn1c2ccccc2c2cc(-c3ccc(-c4ccc5c(c4)c4ccccc4n5Cc4ccccc4)c(-c4ccc5c(c4)c4ccccc4n5CC)c3)ccc21. The highest BCUT2D eigenvalue weighted by molar-refractivity contribution is 6.12. The van der Waals surface area contributed by atoms with Crippen LogP contribution in [0, 0.1) is 0 Å². The van der Waals surface area contributed by atoms with E-state index in [4.69, 9.17) is 0 Å². The highest BCUT2D eigenvalue weighted by atomic mass is 15.0. The van der Waals surface area contributed by atoms with Crippen LogP contribution in [0.1, 0.15) is 19.4 Å². The third kappa shape index (κ3) is 4.97. The first-order chi connectivity index (χ1) is 27.7. The molecule has 0 fully saturated rings. The van der Waals surface area contributed by atoms with Crippen molar-refractivity contribution < 1.29 is 0 Å². The largest absolute Gasteiger partial charge is 0.341 e. The van der Waals surface area contributed by atoms with Crippen LogP contribution in [0.15, 0.2) is 176 Å². The van der Waals surface area contributed by atoms with Crippen molar-refractivity contribution in [3.8, 4) is 33.4 Å². The maximum absolute atomic E-state index is 2.47. The molecule has 0 spiro atoms. The van der Waals surface area contributed by atoms with Crippen LogP contribution in [0.2, 0.25) is 0 Å². The van der Waals surface area contributed by atoms with Gasteiger partial charge in [0.1, 0.15) is 0 Å². The molecule has 0 saturated carbocycles. The average Bonchev–Trinajstić information content (AvgIpc) is 3.88. The van der Waals surface area contributed by atoms with Gasteiger partial charge in [0.15, 0.2) is 0 Å². The van der Waals surface area contributed by atoms with Crippen molar-refractivity contribution in [1.82, 2.24) is 13.7 Å². The van der Waals surface area contributed by atoms with Crippen LogP contribution in [0.4, 0.5) is 0 Å². The Morgan fingerprint density at radius 3 is 1.25 bits per heavy atom. The van der Waals surface area contributed by atoms with E-state index >= 15 is 0 Å². The summed E-state index contributed by atoms with van der Waals surface area (Å²) < 4.78 is 7.34. The minimum atomic E-state index is 0.830. The molecule has 0 aliphatic carbocycles. The minimum Gasteiger partial charge on any atom is -0.341 e. The van der Waals surface area contributed by atoms with Crippen molar-refractivity contribution in [1.29, 1.82) is 0 Å². The van der Waals surface area contributed by atoms with E-state index in [1.807, 2.05) is 0 Å². The molecular formula is C53H41N3. The Bertz CT molecular complexity index is 3300. The zero-order chi connectivity index (χ0) is 37.3. The number of fused-ring (bicyclic) bond motifs is 9. The second-order valence-electron chi connectivity index (χ2n) is 15.1. The van der Waals surface area contributed by atoms with Crippen molar-refractivity contribution in [2.45, 2.75) is 33.5 Å². The van der Waals surface area contributed by atoms with E-state index in [2.05, 4.69) is 203 Å². The van der Waals surface area contributed by atoms with Gasteiger partial charge in [-0.3, -0.25) is 0 Å². The molecule has 0 unspecified atom stereocenters. The number of nitrogens with zero attached hydrogens (tertiary/aromatic N) is 3. The zero-order valence-electron chi connectivity index (χ0n) is 31.7. The molecule has 56 heavy (non-hydrogen) atoms. The number of aryl methyl sites for hydroxylation is 2. The van der Waals surface area contributed by atoms with Crippen LogP contribution in [0.3, 0.4) is 0 Å². The molecule has 0 bridgehead atoms. The lowest BCUT2D eigenvalue weighted by molar-refractivity contribution is 0.827. The third-order valence-electron chi connectivity index (χ3n) is 12.1. The van der Waals surface area contributed by atoms with Crippen LogP contribution >= 0.6 is 0 Å². The van der Waals surface area contributed by atoms with Gasteiger partial charge < -0.3 is 13.7 Å². The highest BCUT2D eigenvalue weighted by Gasteiger charge is 2.18. The summed E-state index contributed by atoms with van der Waals surface area (Å²) in [5, 5.41) is 7.77. The van der Waals surface area contributed by atoms with Gasteiger partial charge in [0.25, 0.3) is 0 Å². The van der Waals surface area contributed by atoms with Crippen LogP contribution in [0.5, 0.6) is 0 Å². The average molecular weight is 720 g/mol. The summed E-state index contributed by atoms with van der Waals surface area (Å²) in [5.41, 5.74) is 16.3. The van der Waals surface area contributed by atoms with Gasteiger partial charge in [-0.25, -0.2) is 0 Å². The summed E-state index contributed by atoms with van der Waals surface area (Å²) in [5.74, 6) is 0. The van der Waals surface area contributed by atoms with E-state index < -0.39 is 0 Å². The molecule has 8 aromatic carbocycles. The second kappa shape index (κ2) is 12.9. The molecule has 0 aliphatic heterocycles. The van der Waals surface area contributed by atoms with Crippen molar-refractivity contribution in [3.63, 3.8) is 0 Å². The van der Waals surface area contributed by atoms with Crippen LogP contribution in [-0.4, -0.2) is 13.7 Å². The predicted octanol–water partition coefficient (Wildman–Crippen LogP) is 14.1. The minimum absolute atomic E-state index is 0.830. The number of hydrogen-bond acceptors (Lipinski definition) is 0. The van der Waals surface area contributed by atoms with Gasteiger partial charge >= 0.3 is 0 Å². The van der Waals surface area contributed by atoms with Crippen LogP contribution in [-0.2, 0) is 19.6 Å². The van der Waals surface area contributed by atoms with Gasteiger partial charge in [0.05, 0.1) is 0 Å². The molecule has 268 valence electrons. The summed E-state index contributed by atoms with van der Waals surface area (Å²) in [6.45, 7) is 7.17. The standard InChI is InChI=1S/C53H41N3/c1-3-54-48-19-11-8-16-41(48)45-31-37(23-27-51(45)54)36-22-26-40(44(30-36)39-25-28-52-46(33-39)42-17-9-12-20-49(42)55(52)4-2)38-24-29-53-47(32-38)43-18-10-13-21-50(43)56(53)34-35-14-6-5-7-15-35/h5-33H,3-4,34H2,1-2H3. The third-order valence-corrected chi connectivity index (χ3v) is 12.1. The Labute approximate surface area is 326 Å². The quantitative estimate of drug-likeness (QED) is 0.156. The van der Waals surface area contributed by atoms with Gasteiger partial charge in [0, 0.05) is 85.1 Å². The van der Waals surface area contributed by atoms with E-state index in [0.29, 0.717) is 0 Å². The molecule has 0 atom stereocenters. The van der Waals surface area contributed by atoms with Crippen molar-refractivity contribution in [2.75, 3.05) is 0 Å². The van der Waals surface area contributed by atoms with Gasteiger partial charge in [-0.2, -0.15) is 0 Å². The molecule has 3 heteroatoms. The smallest absolute Gasteiger partial charge is 0.0494 e. The van der Waals surface area contributed by atoms with E-state index in [1.54, 1.807) is 0 Å². The fourth-order valence-corrected chi connectivity index (χ4v) is 9.51. The highest BCUT2D eigenvalue weighted by Crippen LogP contribution is 2.42. The molecule has 3 nitrogen and oxygen atoms in total. The van der Waals surface area contributed by atoms with Gasteiger partial charge in [0.2, 0.25) is 0 Å². The molecule has 0 N–H and O–H groups in total. The monoisotopic (exact) mass is 719 g/mol. The Morgan fingerprint density at radius 2 is 0.696 bits per heavy atom. The fourth-order valence-electron chi connectivity index (χ4n) is 9.51. The summed E-state index contributed by atoms with van der Waals surface area (Å²) in [6.07, 6.45) is 0. The normalized spacial score (nSPS) is 12.0. The van der Waals surface area contributed by atoms with Gasteiger partial charge in [-0.15, -0.1) is 0 Å². The Hall–Kier alpha value is -6.84. The lowest BCUT2D eigenvalue weighted by Gasteiger charge is -2.15. The van der Waals surface area contributed by atoms with E-state index in [-0.39, 0.29) is 0 Å². The first-order valence-corrected chi connectivity index (χ1v) is 19.9. The number of benzene rings is 8. The number of hydrogen-bond donors (Lipinski definition) is 0. The van der Waals surface area contributed by atoms with Crippen molar-refractivity contribution >= 4 is 65.4 Å². The lowest BCUT2D eigenvalue weighted by atomic mass is 9.89. The maximum Gasteiger partial charge on any atom is 0.0494 e. The number of rotatable bonds is 7. The Kier molecular flexibility index (Phi) is 7.50. The van der Waals surface area contributed by atoms with E-state index in [9.17, 15) is 0 Å². The topological polar surface area (TPSA) is 14.8 Å². The Morgan fingerprint density at radius 1 is 0.304 bits per heavy atom. The molecule has 11 rings (SSSR count). The first kappa shape index (κ1) is 32.6. The molecule has 0 amide bonds. The van der Waals surface area contributed by atoms with Crippen LogP contribution in [0.25, 0.3) is 98.8 Å². The maximum atomic E-state index is 2.47. The number of para-hydroxylation sites is 3. The zero-order valence-corrected chi connectivity index (χ0v) is 31.7. The fraction of sp³-hybridized carbons (Fsp3) is 0.0943. The Balaban J connectivity index is 1.13. The van der Waals surface area contributed by atoms with Crippen molar-refractivity contribution in [2.24, 2.45) is 0 Å². The molecule has 3 heterocycles. The van der Waals surface area contributed by atoms with Gasteiger partial charge in [-0.05, 0) is 113 Å². The van der Waals surface area contributed by atoms with E-state index in [0.717, 1.165) is 19.6 Å². The summed E-state index contributed by atoms with van der Waals surface area (Å²) in [4.78, 5) is 0. The number of aromatic nitrogens is 3. The first-order valence-electron chi connectivity index (χ1n) is 19.9. The molecule has 11 aromatic rings. The lowest BCUT2D eigenvalue weighted by Crippen LogP contribution is -1.99. The summed E-state index contributed by atoms with van der Waals surface area (Å²) >= 11 is 0. The molecule has 3 aromatic heterocycles. The van der Waals surface area contributed by atoms with Crippen LogP contribution < -0.4 is 0 Å². The molecule has 0 saturated heterocycles. The summed E-state index contributed by atoms with van der Waals surface area (Å²) in [7, 11) is 0. The summed E-state index contributed by atoms with van der Waals surface area (Å²) in [6, 6.07) is 65.6. The molecule has 0 aliphatic rings. The second-order valence-corrected chi connectivity index (χ2v) is 15.1. The van der Waals surface area contributed by atoms with Crippen molar-refractivity contribution in [3.05, 3.63) is 181 Å². The predicted molar refractivity (Wildman–Crippen MR) is 239 cm³/mol.